The van der Waals surface area contributed by atoms with E-state index in [9.17, 15) is 0 Å². The molecule has 0 radical (unpaired) electrons. The van der Waals surface area contributed by atoms with Crippen LogP contribution in [0.15, 0.2) is 48.6 Å². The number of carbonyl (C=O) groups is 1. The maximum Gasteiger partial charge on any atom is 0.116 e. The number of aldehydes is 1. The van der Waals surface area contributed by atoms with Crippen LogP contribution in [0.4, 0.5) is 0 Å². The van der Waals surface area contributed by atoms with Gasteiger partial charge in [0.25, 0.3) is 0 Å². The summed E-state index contributed by atoms with van der Waals surface area (Å²) in [5.41, 5.74) is 2.46. The maximum atomic E-state index is 8.81. The van der Waals surface area contributed by atoms with Crippen LogP contribution in [0.25, 0.3) is 5.57 Å². The highest BCUT2D eigenvalue weighted by molar-refractivity contribution is 5.75. The summed E-state index contributed by atoms with van der Waals surface area (Å²) in [4.78, 5) is 8.81. The average molecular weight is 286 g/mol. The predicted molar refractivity (Wildman–Crippen MR) is 89.1 cm³/mol. The third kappa shape index (κ3) is 4.15. The third-order valence-corrected chi connectivity index (χ3v) is 3.90. The summed E-state index contributed by atoms with van der Waals surface area (Å²) in [5, 5.41) is 0. The molecule has 1 aliphatic carbocycles. The summed E-state index contributed by atoms with van der Waals surface area (Å²) < 4.78 is 5.80. The van der Waals surface area contributed by atoms with Crippen molar-refractivity contribution in [1.82, 2.24) is 0 Å². The summed E-state index contributed by atoms with van der Waals surface area (Å²) in [6.45, 7) is 8.12. The van der Waals surface area contributed by atoms with E-state index >= 15 is 0 Å². The normalized spacial score (nSPS) is 21.1. The summed E-state index contributed by atoms with van der Waals surface area (Å²) in [5.74, 6) is 0. The van der Waals surface area contributed by atoms with Gasteiger partial charge in [-0.25, -0.2) is 0 Å². The molecule has 0 amide bonds. The second-order valence-corrected chi connectivity index (χ2v) is 6.14. The number of ether oxygens (including phenoxy) is 1. The number of allylic oxidation sites excluding steroid dienone is 2. The lowest BCUT2D eigenvalue weighted by atomic mass is 9.71. The molecule has 0 saturated heterocycles. The van der Waals surface area contributed by atoms with Crippen molar-refractivity contribution in [3.8, 4) is 0 Å². The molecule has 0 heterocycles. The van der Waals surface area contributed by atoms with Gasteiger partial charge in [0.05, 0.1) is 5.60 Å². The lowest BCUT2D eigenvalue weighted by Gasteiger charge is -2.42. The van der Waals surface area contributed by atoms with Gasteiger partial charge in [-0.2, -0.15) is 0 Å². The van der Waals surface area contributed by atoms with E-state index in [1.165, 1.54) is 18.1 Å². The molecule has 0 spiro atoms. The van der Waals surface area contributed by atoms with Crippen molar-refractivity contribution >= 4 is 11.9 Å². The third-order valence-electron chi connectivity index (χ3n) is 3.90. The minimum Gasteiger partial charge on any atom is -0.373 e. The first-order valence-corrected chi connectivity index (χ1v) is 7.30. The molecule has 0 fully saturated rings. The van der Waals surface area contributed by atoms with Crippen molar-refractivity contribution in [2.75, 3.05) is 7.11 Å². The van der Waals surface area contributed by atoms with Crippen LogP contribution in [-0.2, 0) is 9.53 Å². The van der Waals surface area contributed by atoms with Gasteiger partial charge in [0.2, 0.25) is 0 Å². The van der Waals surface area contributed by atoms with Gasteiger partial charge in [-0.1, -0.05) is 69.3 Å². The van der Waals surface area contributed by atoms with E-state index in [1.807, 2.05) is 6.07 Å². The van der Waals surface area contributed by atoms with Crippen molar-refractivity contribution in [2.45, 2.75) is 39.7 Å². The van der Waals surface area contributed by atoms with Crippen molar-refractivity contribution in [1.29, 1.82) is 0 Å². The average Bonchev–Trinajstić information content (AvgIpc) is 2.48. The zero-order valence-corrected chi connectivity index (χ0v) is 13.7. The first-order chi connectivity index (χ1) is 9.90. The summed E-state index contributed by atoms with van der Waals surface area (Å²) >= 11 is 0. The number of methoxy groups -OCH3 is 1. The van der Waals surface area contributed by atoms with Crippen molar-refractivity contribution in [2.24, 2.45) is 5.41 Å². The lowest BCUT2D eigenvalue weighted by molar-refractivity contribution is -0.106. The number of hydrogen-bond acceptors (Lipinski definition) is 2. The van der Waals surface area contributed by atoms with Crippen molar-refractivity contribution in [3.63, 3.8) is 0 Å². The topological polar surface area (TPSA) is 26.3 Å². The summed E-state index contributed by atoms with van der Waals surface area (Å²) in [7, 11) is 1.80. The Balaban J connectivity index is 0.000000677. The Morgan fingerprint density at radius 3 is 2.14 bits per heavy atom. The molecule has 1 aromatic rings. The van der Waals surface area contributed by atoms with Crippen molar-refractivity contribution < 1.29 is 9.53 Å². The molecule has 0 aliphatic heterocycles. The van der Waals surface area contributed by atoms with E-state index in [2.05, 4.69) is 63.3 Å². The largest absolute Gasteiger partial charge is 0.373 e. The zero-order chi connectivity index (χ0) is 15.9. The Labute approximate surface area is 128 Å². The predicted octanol–water partition coefficient (Wildman–Crippen LogP) is 4.67. The Hall–Kier alpha value is -1.67. The maximum absolute atomic E-state index is 8.81. The number of rotatable bonds is 2. The summed E-state index contributed by atoms with van der Waals surface area (Å²) in [6.07, 6.45) is 8.36. The van der Waals surface area contributed by atoms with E-state index in [0.29, 0.717) is 0 Å². The molecule has 21 heavy (non-hydrogen) atoms. The second kappa shape index (κ2) is 7.37. The first kappa shape index (κ1) is 17.4. The number of hydrogen-bond donors (Lipinski definition) is 0. The Bertz CT molecular complexity index is 506. The number of carbonyl (C=O) groups excluding carboxylic acids is 1. The van der Waals surface area contributed by atoms with Crippen LogP contribution in [0, 0.1) is 5.41 Å². The molecule has 1 atom stereocenters. The monoisotopic (exact) mass is 286 g/mol. The van der Waals surface area contributed by atoms with Gasteiger partial charge in [-0.15, -0.1) is 0 Å². The van der Waals surface area contributed by atoms with Gasteiger partial charge in [0.1, 0.15) is 6.29 Å². The van der Waals surface area contributed by atoms with Crippen LogP contribution in [0.5, 0.6) is 0 Å². The SMILES string of the molecule is CC=O.COC1(C(C)(C)C)C=CC(c2ccccc2)=CC1. The highest BCUT2D eigenvalue weighted by atomic mass is 16.5. The Kier molecular flexibility index (Phi) is 6.10. The molecule has 1 aromatic carbocycles. The van der Waals surface area contributed by atoms with Gasteiger partial charge in [-0.3, -0.25) is 0 Å². The molecule has 0 N–H and O–H groups in total. The Morgan fingerprint density at radius 2 is 1.76 bits per heavy atom. The molecular formula is C19H26O2. The van der Waals surface area contributed by atoms with Gasteiger partial charge >= 0.3 is 0 Å². The molecule has 114 valence electrons. The highest BCUT2D eigenvalue weighted by Crippen LogP contribution is 2.41. The smallest absolute Gasteiger partial charge is 0.116 e. The highest BCUT2D eigenvalue weighted by Gasteiger charge is 2.40. The fourth-order valence-corrected chi connectivity index (χ4v) is 2.48. The fourth-order valence-electron chi connectivity index (χ4n) is 2.48. The van der Waals surface area contributed by atoms with Crippen LogP contribution in [0.1, 0.15) is 39.7 Å². The fraction of sp³-hybridized carbons (Fsp3) is 0.421. The molecule has 2 rings (SSSR count). The van der Waals surface area contributed by atoms with E-state index in [1.54, 1.807) is 7.11 Å². The van der Waals surface area contributed by atoms with Gasteiger partial charge < -0.3 is 9.53 Å². The standard InChI is InChI=1S/C17H22O.C2H4O/c1-16(2,3)17(18-4)12-10-15(11-13-17)14-8-6-5-7-9-14;1-2-3/h5-12H,13H2,1-4H3;2H,1H3. The lowest BCUT2D eigenvalue weighted by Crippen LogP contribution is -2.43. The van der Waals surface area contributed by atoms with Crippen LogP contribution in [0.3, 0.4) is 0 Å². The van der Waals surface area contributed by atoms with Crippen LogP contribution < -0.4 is 0 Å². The minimum atomic E-state index is -0.189. The van der Waals surface area contributed by atoms with E-state index in [4.69, 9.17) is 9.53 Å². The molecule has 0 bridgehead atoms. The van der Waals surface area contributed by atoms with Gasteiger partial charge in [-0.05, 0) is 29.9 Å². The van der Waals surface area contributed by atoms with E-state index in [0.717, 1.165) is 12.7 Å². The van der Waals surface area contributed by atoms with Crippen molar-refractivity contribution in [3.05, 3.63) is 54.1 Å². The molecule has 2 heteroatoms. The van der Waals surface area contributed by atoms with Gasteiger partial charge in [0, 0.05) is 7.11 Å². The van der Waals surface area contributed by atoms with Gasteiger partial charge in [0.15, 0.2) is 0 Å². The molecule has 0 aromatic heterocycles. The minimum absolute atomic E-state index is 0.0942. The molecule has 1 unspecified atom stereocenters. The quantitative estimate of drug-likeness (QED) is 0.739. The zero-order valence-electron chi connectivity index (χ0n) is 13.7. The summed E-state index contributed by atoms with van der Waals surface area (Å²) in [6, 6.07) is 10.5. The second-order valence-electron chi connectivity index (χ2n) is 6.14. The van der Waals surface area contributed by atoms with E-state index < -0.39 is 0 Å². The molecule has 0 saturated carbocycles. The molecular weight excluding hydrogens is 260 g/mol. The van der Waals surface area contributed by atoms with E-state index in [-0.39, 0.29) is 11.0 Å². The molecule has 2 nitrogen and oxygen atoms in total. The van der Waals surface area contributed by atoms with Crippen LogP contribution in [0.2, 0.25) is 0 Å². The molecule has 1 aliphatic rings. The Morgan fingerprint density at radius 1 is 1.19 bits per heavy atom. The first-order valence-electron chi connectivity index (χ1n) is 7.30. The van der Waals surface area contributed by atoms with Crippen LogP contribution >= 0.6 is 0 Å². The number of benzene rings is 1. The van der Waals surface area contributed by atoms with Crippen LogP contribution in [-0.4, -0.2) is 19.0 Å².